The van der Waals surface area contributed by atoms with Crippen LogP contribution in [0.25, 0.3) is 5.52 Å². The van der Waals surface area contributed by atoms with Gasteiger partial charge in [-0.25, -0.2) is 18.6 Å². The summed E-state index contributed by atoms with van der Waals surface area (Å²) in [5.74, 6) is -2.83. The molecule has 2 aromatic rings. The number of alkyl halides is 2. The summed E-state index contributed by atoms with van der Waals surface area (Å²) in [6.07, 6.45) is 1.48. The fraction of sp³-hybridized carbons (Fsp3) is 0.556. The molecule has 1 saturated heterocycles. The van der Waals surface area contributed by atoms with E-state index >= 15 is 0 Å². The number of carbonyl (C=O) groups excluding carboxylic acids is 1. The van der Waals surface area contributed by atoms with Crippen LogP contribution in [-0.4, -0.2) is 45.9 Å². The van der Waals surface area contributed by atoms with Gasteiger partial charge in [0.05, 0.1) is 17.8 Å². The first-order valence-electron chi connectivity index (χ1n) is 8.73. The number of halogens is 2. The van der Waals surface area contributed by atoms with Crippen LogP contribution >= 0.6 is 0 Å². The van der Waals surface area contributed by atoms with Crippen molar-refractivity contribution in [3.8, 4) is 0 Å². The Bertz CT molecular complexity index is 705. The minimum absolute atomic E-state index is 0.135. The van der Waals surface area contributed by atoms with E-state index in [2.05, 4.69) is 4.98 Å². The van der Waals surface area contributed by atoms with Gasteiger partial charge >= 0.3 is 5.97 Å². The molecule has 0 bridgehead atoms. The molecule has 0 N–H and O–H groups in total. The van der Waals surface area contributed by atoms with Crippen LogP contribution in [0.1, 0.15) is 49.9 Å². The van der Waals surface area contributed by atoms with Crippen molar-refractivity contribution in [3.63, 3.8) is 0 Å². The van der Waals surface area contributed by atoms with Gasteiger partial charge in [0.2, 0.25) is 5.82 Å². The van der Waals surface area contributed by atoms with E-state index < -0.39 is 11.9 Å². The highest BCUT2D eigenvalue weighted by molar-refractivity contribution is 5.87. The average molecular weight is 353 g/mol. The molecule has 138 valence electrons. The molecule has 0 saturated carbocycles. The standard InChI is InChI=1S/C16H19F2N3O2.C2H6/c1-2-23-15(22)14-19-12(13-5-3-4-8-21(13)14)11-20-9-6-16(17,18)7-10-20;1-2/h3-5,8H,2,6-7,9-11H2,1H3;1-2H3. The monoisotopic (exact) mass is 353 g/mol. The molecule has 1 fully saturated rings. The Morgan fingerprint density at radius 2 is 1.96 bits per heavy atom. The number of esters is 1. The van der Waals surface area contributed by atoms with Crippen LogP contribution in [0.5, 0.6) is 0 Å². The van der Waals surface area contributed by atoms with Crippen molar-refractivity contribution >= 4 is 11.5 Å². The van der Waals surface area contributed by atoms with Crippen molar-refractivity contribution in [3.05, 3.63) is 35.9 Å². The van der Waals surface area contributed by atoms with Gasteiger partial charge < -0.3 is 4.74 Å². The average Bonchev–Trinajstić information content (AvgIpc) is 2.98. The smallest absolute Gasteiger partial charge is 0.374 e. The molecule has 1 aliphatic rings. The molecule has 0 unspecified atom stereocenters. The van der Waals surface area contributed by atoms with E-state index in [1.54, 1.807) is 17.5 Å². The van der Waals surface area contributed by atoms with Gasteiger partial charge in [0.1, 0.15) is 0 Å². The van der Waals surface area contributed by atoms with Crippen molar-refractivity contribution in [1.82, 2.24) is 14.3 Å². The maximum Gasteiger partial charge on any atom is 0.374 e. The molecule has 0 spiro atoms. The van der Waals surface area contributed by atoms with Gasteiger partial charge in [-0.3, -0.25) is 9.30 Å². The number of piperidine rings is 1. The number of hydrogen-bond donors (Lipinski definition) is 0. The largest absolute Gasteiger partial charge is 0.460 e. The molecule has 2 aromatic heterocycles. The second kappa shape index (κ2) is 8.38. The Labute approximate surface area is 146 Å². The zero-order valence-electron chi connectivity index (χ0n) is 15.0. The van der Waals surface area contributed by atoms with Gasteiger partial charge in [0.25, 0.3) is 5.92 Å². The SMILES string of the molecule is CC.CCOC(=O)c1nc(CN2CCC(F)(F)CC2)c2ccccn12. The third-order valence-electron chi connectivity index (χ3n) is 4.04. The highest BCUT2D eigenvalue weighted by atomic mass is 19.3. The first-order valence-corrected chi connectivity index (χ1v) is 8.73. The number of pyridine rings is 1. The van der Waals surface area contributed by atoms with Crippen LogP contribution in [0.2, 0.25) is 0 Å². The Hall–Kier alpha value is -2.02. The van der Waals surface area contributed by atoms with Crippen LogP contribution in [0.3, 0.4) is 0 Å². The van der Waals surface area contributed by atoms with E-state index in [9.17, 15) is 13.6 Å². The number of rotatable bonds is 4. The van der Waals surface area contributed by atoms with Gasteiger partial charge in [0.15, 0.2) is 0 Å². The number of nitrogens with zero attached hydrogens (tertiary/aromatic N) is 3. The van der Waals surface area contributed by atoms with Gasteiger partial charge in [-0.1, -0.05) is 19.9 Å². The number of carbonyl (C=O) groups is 1. The Morgan fingerprint density at radius 3 is 2.60 bits per heavy atom. The molecule has 25 heavy (non-hydrogen) atoms. The lowest BCUT2D eigenvalue weighted by atomic mass is 10.1. The maximum atomic E-state index is 13.3. The molecule has 1 aliphatic heterocycles. The van der Waals surface area contributed by atoms with E-state index in [-0.39, 0.29) is 25.3 Å². The van der Waals surface area contributed by atoms with Crippen LogP contribution in [0.4, 0.5) is 8.78 Å². The van der Waals surface area contributed by atoms with Crippen molar-refractivity contribution in [2.24, 2.45) is 0 Å². The minimum Gasteiger partial charge on any atom is -0.460 e. The van der Waals surface area contributed by atoms with Crippen molar-refractivity contribution < 1.29 is 18.3 Å². The number of aromatic nitrogens is 2. The van der Waals surface area contributed by atoms with Gasteiger partial charge in [-0.2, -0.15) is 0 Å². The molecule has 3 heterocycles. The highest BCUT2D eigenvalue weighted by Crippen LogP contribution is 2.28. The minimum atomic E-state index is -2.57. The molecule has 0 amide bonds. The topological polar surface area (TPSA) is 46.8 Å². The van der Waals surface area contributed by atoms with Crippen molar-refractivity contribution in [1.29, 1.82) is 0 Å². The fourth-order valence-corrected chi connectivity index (χ4v) is 2.81. The Morgan fingerprint density at radius 1 is 1.28 bits per heavy atom. The molecule has 7 heteroatoms. The highest BCUT2D eigenvalue weighted by Gasteiger charge is 2.34. The first-order chi connectivity index (χ1) is 12.0. The third kappa shape index (κ3) is 4.54. The van der Waals surface area contributed by atoms with Gasteiger partial charge in [0, 0.05) is 38.7 Å². The normalized spacial score (nSPS) is 17.0. The summed E-state index contributed by atoms with van der Waals surface area (Å²) in [7, 11) is 0. The van der Waals surface area contributed by atoms with E-state index in [0.29, 0.717) is 25.3 Å². The number of ether oxygens (including phenoxy) is 1. The van der Waals surface area contributed by atoms with Crippen LogP contribution in [0.15, 0.2) is 24.4 Å². The quantitative estimate of drug-likeness (QED) is 0.785. The number of fused-ring (bicyclic) bond motifs is 1. The molecule has 0 atom stereocenters. The zero-order chi connectivity index (χ0) is 18.4. The summed E-state index contributed by atoms with van der Waals surface area (Å²) in [5, 5.41) is 0. The predicted octanol–water partition coefficient (Wildman–Crippen LogP) is 3.77. The lowest BCUT2D eigenvalue weighted by Crippen LogP contribution is -2.38. The van der Waals surface area contributed by atoms with Crippen molar-refractivity contribution in [2.75, 3.05) is 19.7 Å². The maximum absolute atomic E-state index is 13.3. The third-order valence-corrected chi connectivity index (χ3v) is 4.04. The Balaban J connectivity index is 0.00000109. The van der Waals surface area contributed by atoms with Crippen LogP contribution < -0.4 is 0 Å². The first kappa shape index (κ1) is 19.3. The van der Waals surface area contributed by atoms with E-state index in [4.69, 9.17) is 4.74 Å². The van der Waals surface area contributed by atoms with Crippen LogP contribution in [0, 0.1) is 0 Å². The number of imidazole rings is 1. The van der Waals surface area contributed by atoms with Gasteiger partial charge in [-0.15, -0.1) is 0 Å². The molecular formula is C18H25F2N3O2. The fourth-order valence-electron chi connectivity index (χ4n) is 2.81. The Kier molecular flexibility index (Phi) is 6.47. The van der Waals surface area contributed by atoms with Gasteiger partial charge in [-0.05, 0) is 19.1 Å². The molecule has 0 aliphatic carbocycles. The van der Waals surface area contributed by atoms with E-state index in [0.717, 1.165) is 5.52 Å². The number of likely N-dealkylation sites (tertiary alicyclic amines) is 1. The molecule has 0 radical (unpaired) electrons. The van der Waals surface area contributed by atoms with E-state index in [1.807, 2.05) is 36.9 Å². The molecule has 3 rings (SSSR count). The summed E-state index contributed by atoms with van der Waals surface area (Å²) in [6.45, 7) is 7.11. The van der Waals surface area contributed by atoms with Crippen molar-refractivity contribution in [2.45, 2.75) is 46.1 Å². The molecular weight excluding hydrogens is 328 g/mol. The predicted molar refractivity (Wildman–Crippen MR) is 92.0 cm³/mol. The molecule has 5 nitrogen and oxygen atoms in total. The lowest BCUT2D eigenvalue weighted by Gasteiger charge is -2.31. The molecule has 0 aromatic carbocycles. The summed E-state index contributed by atoms with van der Waals surface area (Å²) in [6, 6.07) is 5.53. The second-order valence-electron chi connectivity index (χ2n) is 5.69. The number of hydrogen-bond acceptors (Lipinski definition) is 4. The summed E-state index contributed by atoms with van der Waals surface area (Å²) in [4.78, 5) is 18.4. The summed E-state index contributed by atoms with van der Waals surface area (Å²) < 4.78 is 33.2. The second-order valence-corrected chi connectivity index (χ2v) is 5.69. The summed E-state index contributed by atoms with van der Waals surface area (Å²) >= 11 is 0. The van der Waals surface area contributed by atoms with Crippen LogP contribution in [-0.2, 0) is 11.3 Å². The van der Waals surface area contributed by atoms with E-state index in [1.165, 1.54) is 0 Å². The zero-order valence-corrected chi connectivity index (χ0v) is 15.0. The summed E-state index contributed by atoms with van der Waals surface area (Å²) in [5.41, 5.74) is 1.51. The lowest BCUT2D eigenvalue weighted by molar-refractivity contribution is -0.0567.